The lowest BCUT2D eigenvalue weighted by atomic mass is 9.79. The highest BCUT2D eigenvalue weighted by molar-refractivity contribution is 7.89. The van der Waals surface area contributed by atoms with Crippen molar-refractivity contribution in [2.75, 3.05) is 20.2 Å². The Balaban J connectivity index is 2.02. The zero-order valence-electron chi connectivity index (χ0n) is 24.7. The van der Waals surface area contributed by atoms with Crippen molar-refractivity contribution in [3.8, 4) is 5.75 Å². The second kappa shape index (κ2) is 10.7. The molecule has 1 N–H and O–H groups in total. The first kappa shape index (κ1) is 32.0. The van der Waals surface area contributed by atoms with Gasteiger partial charge in [-0.25, -0.2) is 21.6 Å². The molecule has 0 aromatic heterocycles. The predicted molar refractivity (Wildman–Crippen MR) is 155 cm³/mol. The van der Waals surface area contributed by atoms with E-state index < -0.39 is 41.8 Å². The Morgan fingerprint density at radius 2 is 1.48 bits per heavy atom. The largest absolute Gasteiger partial charge is 0.496 e. The van der Waals surface area contributed by atoms with Gasteiger partial charge >= 0.3 is 0 Å². The number of non-ortho nitro benzene ring substituents is 1. The number of hydrogen-bond acceptors (Lipinski definition) is 7. The van der Waals surface area contributed by atoms with Gasteiger partial charge in [0, 0.05) is 42.4 Å². The minimum atomic E-state index is -4.03. The fraction of sp³-hybridized carbons (Fsp3) is 0.571. The number of nitro groups is 1. The van der Waals surface area contributed by atoms with Crippen LogP contribution in [0, 0.1) is 15.5 Å². The van der Waals surface area contributed by atoms with Crippen LogP contribution in [0.5, 0.6) is 5.75 Å². The van der Waals surface area contributed by atoms with Crippen LogP contribution >= 0.6 is 0 Å². The molecular formula is C28H41N3O7S2. The van der Waals surface area contributed by atoms with Gasteiger partial charge in [0.15, 0.2) is 0 Å². The van der Waals surface area contributed by atoms with Crippen LogP contribution in [0.4, 0.5) is 5.69 Å². The molecule has 1 aliphatic heterocycles. The Bertz CT molecular complexity index is 1450. The van der Waals surface area contributed by atoms with Gasteiger partial charge in [0.1, 0.15) is 5.75 Å². The van der Waals surface area contributed by atoms with E-state index in [2.05, 4.69) is 4.72 Å². The van der Waals surface area contributed by atoms with Crippen molar-refractivity contribution in [2.24, 2.45) is 5.41 Å². The maximum atomic E-state index is 14.2. The molecule has 1 fully saturated rings. The molecule has 0 amide bonds. The molecule has 1 heterocycles. The molecule has 0 radical (unpaired) electrons. The Kier molecular flexibility index (Phi) is 8.55. The van der Waals surface area contributed by atoms with E-state index in [1.54, 1.807) is 19.2 Å². The molecule has 0 bridgehead atoms. The maximum Gasteiger partial charge on any atom is 0.269 e. The number of ether oxygens (including phenoxy) is 1. The zero-order chi connectivity index (χ0) is 30.5. The molecule has 2 aromatic carbocycles. The number of nitrogens with one attached hydrogen (secondary N) is 1. The third-order valence-electron chi connectivity index (χ3n) is 7.14. The van der Waals surface area contributed by atoms with Crippen molar-refractivity contribution in [2.45, 2.75) is 88.5 Å². The number of nitrogens with zero attached hydrogens (tertiary/aromatic N) is 2. The van der Waals surface area contributed by atoms with Gasteiger partial charge in [-0.3, -0.25) is 10.1 Å². The molecule has 0 saturated carbocycles. The van der Waals surface area contributed by atoms with E-state index in [9.17, 15) is 26.9 Å². The standard InChI is InChI=1S/C28H41N3O7S2/c1-26(2,3)23-14-22(15-24(25(23)38-9)27(4,5)6)40(36,37)30-18-28(7,8)16-20(30)17-29-39(34,35)21-12-10-19(11-13-21)31(32)33/h10-15,20,29H,16-18H2,1-9H3/t20-/m0/s1. The third-order valence-corrected chi connectivity index (χ3v) is 10.5. The molecule has 1 atom stereocenters. The van der Waals surface area contributed by atoms with Gasteiger partial charge in [-0.2, -0.15) is 4.31 Å². The number of methoxy groups -OCH3 is 1. The van der Waals surface area contributed by atoms with Gasteiger partial charge in [-0.05, 0) is 46.9 Å². The lowest BCUT2D eigenvalue weighted by Crippen LogP contribution is -2.43. The van der Waals surface area contributed by atoms with Crippen LogP contribution in [0.1, 0.15) is 72.9 Å². The van der Waals surface area contributed by atoms with E-state index in [1.807, 2.05) is 55.4 Å². The summed E-state index contributed by atoms with van der Waals surface area (Å²) in [6.07, 6.45) is 0.448. The molecule has 0 spiro atoms. The zero-order valence-corrected chi connectivity index (χ0v) is 26.4. The van der Waals surface area contributed by atoms with E-state index in [-0.39, 0.29) is 34.0 Å². The van der Waals surface area contributed by atoms with Gasteiger partial charge in [0.25, 0.3) is 5.69 Å². The fourth-order valence-electron chi connectivity index (χ4n) is 5.07. The molecule has 40 heavy (non-hydrogen) atoms. The Morgan fingerprint density at radius 3 is 1.90 bits per heavy atom. The SMILES string of the molecule is COc1c(C(C)(C)C)cc(S(=O)(=O)N2CC(C)(C)C[C@H]2CNS(=O)(=O)c2ccc([N+](=O)[O-])cc2)cc1C(C)(C)C. The highest BCUT2D eigenvalue weighted by atomic mass is 32.2. The average molecular weight is 596 g/mol. The van der Waals surface area contributed by atoms with Gasteiger partial charge in [-0.1, -0.05) is 55.4 Å². The van der Waals surface area contributed by atoms with Gasteiger partial charge in [0.05, 0.1) is 21.8 Å². The van der Waals surface area contributed by atoms with Crippen LogP contribution in [0.3, 0.4) is 0 Å². The van der Waals surface area contributed by atoms with Gasteiger partial charge in [-0.15, -0.1) is 0 Å². The van der Waals surface area contributed by atoms with Crippen molar-refractivity contribution in [1.29, 1.82) is 0 Å². The summed E-state index contributed by atoms with van der Waals surface area (Å²) in [6.45, 7) is 16.0. The quantitative estimate of drug-likeness (QED) is 0.336. The lowest BCUT2D eigenvalue weighted by molar-refractivity contribution is -0.384. The predicted octanol–water partition coefficient (Wildman–Crippen LogP) is 4.97. The number of benzene rings is 2. The summed E-state index contributed by atoms with van der Waals surface area (Å²) in [5, 5.41) is 10.9. The minimum absolute atomic E-state index is 0.135. The van der Waals surface area contributed by atoms with E-state index in [4.69, 9.17) is 4.74 Å². The number of nitro benzene ring substituents is 1. The third kappa shape index (κ3) is 6.67. The monoisotopic (exact) mass is 595 g/mol. The van der Waals surface area contributed by atoms with Crippen LogP contribution in [0.2, 0.25) is 0 Å². The molecule has 1 saturated heterocycles. The van der Waals surface area contributed by atoms with E-state index in [0.29, 0.717) is 12.2 Å². The first-order valence-electron chi connectivity index (χ1n) is 13.1. The highest BCUT2D eigenvalue weighted by Gasteiger charge is 2.45. The molecule has 2 aromatic rings. The highest BCUT2D eigenvalue weighted by Crippen LogP contribution is 2.43. The van der Waals surface area contributed by atoms with E-state index >= 15 is 0 Å². The first-order chi connectivity index (χ1) is 18.1. The molecule has 12 heteroatoms. The van der Waals surface area contributed by atoms with Crippen LogP contribution in [-0.4, -0.2) is 52.3 Å². The number of sulfonamides is 2. The molecule has 0 aliphatic carbocycles. The number of hydrogen-bond donors (Lipinski definition) is 1. The number of rotatable bonds is 8. The smallest absolute Gasteiger partial charge is 0.269 e. The summed E-state index contributed by atoms with van der Waals surface area (Å²) < 4.78 is 64.1. The lowest BCUT2D eigenvalue weighted by Gasteiger charge is -2.31. The van der Waals surface area contributed by atoms with Crippen LogP contribution < -0.4 is 9.46 Å². The second-order valence-corrected chi connectivity index (χ2v) is 16.9. The van der Waals surface area contributed by atoms with Crippen LogP contribution in [0.15, 0.2) is 46.2 Å². The molecular weight excluding hydrogens is 554 g/mol. The van der Waals surface area contributed by atoms with Crippen molar-refractivity contribution < 1.29 is 26.5 Å². The average Bonchev–Trinajstić information content (AvgIpc) is 3.16. The van der Waals surface area contributed by atoms with E-state index in [0.717, 1.165) is 35.4 Å². The summed E-state index contributed by atoms with van der Waals surface area (Å²) in [4.78, 5) is 10.3. The minimum Gasteiger partial charge on any atom is -0.496 e. The summed E-state index contributed by atoms with van der Waals surface area (Å²) >= 11 is 0. The second-order valence-electron chi connectivity index (χ2n) is 13.2. The maximum absolute atomic E-state index is 14.2. The summed E-state index contributed by atoms with van der Waals surface area (Å²) in [7, 11) is -6.47. The topological polar surface area (TPSA) is 136 Å². The van der Waals surface area contributed by atoms with Crippen molar-refractivity contribution in [1.82, 2.24) is 9.03 Å². The normalized spacial score (nSPS) is 18.6. The Morgan fingerprint density at radius 1 is 0.975 bits per heavy atom. The Labute approximate surface area is 238 Å². The van der Waals surface area contributed by atoms with Gasteiger partial charge in [0.2, 0.25) is 20.0 Å². The first-order valence-corrected chi connectivity index (χ1v) is 16.0. The summed E-state index contributed by atoms with van der Waals surface area (Å²) in [6, 6.07) is 7.27. The molecule has 3 rings (SSSR count). The van der Waals surface area contributed by atoms with Crippen molar-refractivity contribution in [3.63, 3.8) is 0 Å². The van der Waals surface area contributed by atoms with Crippen molar-refractivity contribution >= 4 is 25.7 Å². The molecule has 222 valence electrons. The molecule has 0 unspecified atom stereocenters. The van der Waals surface area contributed by atoms with Gasteiger partial charge < -0.3 is 4.74 Å². The summed E-state index contributed by atoms with van der Waals surface area (Å²) in [5.74, 6) is 0.660. The molecule has 1 aliphatic rings. The van der Waals surface area contributed by atoms with Crippen LogP contribution in [0.25, 0.3) is 0 Å². The Hall–Kier alpha value is -2.54. The fourth-order valence-corrected chi connectivity index (χ4v) is 8.01. The van der Waals surface area contributed by atoms with Crippen LogP contribution in [-0.2, 0) is 30.9 Å². The molecule has 10 nitrogen and oxygen atoms in total. The summed E-state index contributed by atoms with van der Waals surface area (Å²) in [5.41, 5.74) is 0.132. The van der Waals surface area contributed by atoms with Crippen molar-refractivity contribution in [3.05, 3.63) is 57.6 Å². The van der Waals surface area contributed by atoms with E-state index in [1.165, 1.54) is 4.31 Å².